The Labute approximate surface area is 147 Å². The predicted octanol–water partition coefficient (Wildman–Crippen LogP) is -0.629. The first-order valence-corrected chi connectivity index (χ1v) is 8.23. The third kappa shape index (κ3) is 8.27. The number of aliphatic carboxylic acids is 1. The van der Waals surface area contributed by atoms with Crippen molar-refractivity contribution in [2.75, 3.05) is 13.1 Å². The van der Waals surface area contributed by atoms with Gasteiger partial charge in [-0.2, -0.15) is 0 Å². The number of hydrogen-bond donors (Lipinski definition) is 5. The fraction of sp³-hybridized carbons (Fsp3) is 0.471. The zero-order valence-electron chi connectivity index (χ0n) is 14.1. The van der Waals surface area contributed by atoms with E-state index in [2.05, 4.69) is 10.6 Å². The van der Waals surface area contributed by atoms with Gasteiger partial charge in [0.05, 0.1) is 12.6 Å². The van der Waals surface area contributed by atoms with Gasteiger partial charge < -0.3 is 27.2 Å². The van der Waals surface area contributed by atoms with E-state index in [1.807, 2.05) is 30.3 Å². The minimum absolute atomic E-state index is 0.291. The second-order valence-corrected chi connectivity index (χ2v) is 5.76. The number of rotatable bonds is 11. The molecule has 0 aliphatic rings. The summed E-state index contributed by atoms with van der Waals surface area (Å²) in [5, 5.41) is 13.9. The lowest BCUT2D eigenvalue weighted by molar-refractivity contribution is -0.142. The van der Waals surface area contributed by atoms with Gasteiger partial charge in [0.2, 0.25) is 11.8 Å². The van der Waals surface area contributed by atoms with Gasteiger partial charge in [0.25, 0.3) is 0 Å². The Balaban J connectivity index is 2.38. The van der Waals surface area contributed by atoms with Crippen molar-refractivity contribution in [2.24, 2.45) is 11.5 Å². The van der Waals surface area contributed by atoms with Crippen LogP contribution in [0.2, 0.25) is 0 Å². The summed E-state index contributed by atoms with van der Waals surface area (Å²) in [7, 11) is 0. The van der Waals surface area contributed by atoms with Gasteiger partial charge in [-0.1, -0.05) is 30.3 Å². The molecule has 0 spiro atoms. The molecule has 138 valence electrons. The van der Waals surface area contributed by atoms with E-state index in [1.165, 1.54) is 0 Å². The first kappa shape index (κ1) is 20.6. The Kier molecular flexibility index (Phi) is 9.20. The molecule has 0 aliphatic heterocycles. The highest BCUT2D eigenvalue weighted by atomic mass is 16.4. The zero-order valence-corrected chi connectivity index (χ0v) is 14.1. The molecule has 25 heavy (non-hydrogen) atoms. The van der Waals surface area contributed by atoms with Crippen molar-refractivity contribution in [1.29, 1.82) is 0 Å². The molecule has 0 fully saturated rings. The normalized spacial score (nSPS) is 12.9. The number of nitrogens with two attached hydrogens (primary N) is 2. The molecule has 0 aromatic heterocycles. The fourth-order valence-electron chi connectivity index (χ4n) is 2.25. The summed E-state index contributed by atoms with van der Waals surface area (Å²) >= 11 is 0. The molecule has 1 aromatic carbocycles. The minimum Gasteiger partial charge on any atom is -0.480 e. The summed E-state index contributed by atoms with van der Waals surface area (Å²) in [6, 6.07) is 7.51. The summed E-state index contributed by atoms with van der Waals surface area (Å²) in [5.41, 5.74) is 12.1. The van der Waals surface area contributed by atoms with Crippen molar-refractivity contribution >= 4 is 17.8 Å². The van der Waals surface area contributed by atoms with Crippen LogP contribution in [0.1, 0.15) is 24.8 Å². The lowest BCUT2D eigenvalue weighted by atomic mass is 10.1. The Hall–Kier alpha value is -2.45. The van der Waals surface area contributed by atoms with Gasteiger partial charge in [-0.3, -0.25) is 9.59 Å². The van der Waals surface area contributed by atoms with Crippen LogP contribution in [0.4, 0.5) is 0 Å². The number of carboxylic acids is 1. The van der Waals surface area contributed by atoms with E-state index in [0.717, 1.165) is 5.56 Å². The molecule has 7 N–H and O–H groups in total. The first-order valence-electron chi connectivity index (χ1n) is 8.23. The van der Waals surface area contributed by atoms with E-state index in [4.69, 9.17) is 16.6 Å². The minimum atomic E-state index is -1.11. The molecule has 0 bridgehead atoms. The number of carboxylic acid groups (broad SMARTS) is 1. The maximum atomic E-state index is 11.9. The first-order chi connectivity index (χ1) is 11.9. The van der Waals surface area contributed by atoms with Crippen molar-refractivity contribution in [3.8, 4) is 0 Å². The maximum Gasteiger partial charge on any atom is 0.326 e. The molecule has 0 saturated carbocycles. The van der Waals surface area contributed by atoms with E-state index in [9.17, 15) is 14.4 Å². The molecular formula is C17H26N4O4. The van der Waals surface area contributed by atoms with Crippen molar-refractivity contribution in [2.45, 2.75) is 37.8 Å². The Morgan fingerprint density at radius 1 is 1.12 bits per heavy atom. The summed E-state index contributed by atoms with van der Waals surface area (Å²) in [4.78, 5) is 34.9. The number of benzene rings is 1. The highest BCUT2D eigenvalue weighted by Crippen LogP contribution is 2.02. The van der Waals surface area contributed by atoms with Crippen LogP contribution in [0.25, 0.3) is 0 Å². The number of hydrogen-bond acceptors (Lipinski definition) is 5. The fourth-order valence-corrected chi connectivity index (χ4v) is 2.25. The standard InChI is InChI=1S/C17H26N4O4/c18-9-5-4-8-14(17(24)25)21-15(22)11-20-16(23)13(19)10-12-6-2-1-3-7-12/h1-3,6-7,13-14H,4-5,8-11,18-19H2,(H,20,23)(H,21,22)(H,24,25)/t13-,14?/m1/s1. The lowest BCUT2D eigenvalue weighted by Crippen LogP contribution is -2.49. The van der Waals surface area contributed by atoms with Gasteiger partial charge in [0, 0.05) is 0 Å². The van der Waals surface area contributed by atoms with Crippen LogP contribution in [0.15, 0.2) is 30.3 Å². The Morgan fingerprint density at radius 3 is 2.40 bits per heavy atom. The van der Waals surface area contributed by atoms with Gasteiger partial charge in [-0.05, 0) is 37.8 Å². The largest absolute Gasteiger partial charge is 0.480 e. The second kappa shape index (κ2) is 11.2. The SMILES string of the molecule is NCCCCC(NC(=O)CNC(=O)[C@H](N)Cc1ccccc1)C(=O)O. The summed E-state index contributed by atoms with van der Waals surface area (Å²) in [5.74, 6) is -2.15. The second-order valence-electron chi connectivity index (χ2n) is 5.76. The van der Waals surface area contributed by atoms with Gasteiger partial charge in [0.15, 0.2) is 0 Å². The van der Waals surface area contributed by atoms with Gasteiger partial charge in [-0.25, -0.2) is 4.79 Å². The molecule has 2 amide bonds. The molecule has 1 unspecified atom stereocenters. The van der Waals surface area contributed by atoms with Crippen molar-refractivity contribution in [3.63, 3.8) is 0 Å². The van der Waals surface area contributed by atoms with Crippen LogP contribution in [-0.2, 0) is 20.8 Å². The number of amides is 2. The van der Waals surface area contributed by atoms with E-state index >= 15 is 0 Å². The molecule has 0 saturated heterocycles. The van der Waals surface area contributed by atoms with E-state index < -0.39 is 29.9 Å². The monoisotopic (exact) mass is 350 g/mol. The van der Waals surface area contributed by atoms with Crippen molar-refractivity contribution in [3.05, 3.63) is 35.9 Å². The molecule has 1 rings (SSSR count). The topological polar surface area (TPSA) is 148 Å². The highest BCUT2D eigenvalue weighted by molar-refractivity contribution is 5.89. The molecule has 1 aromatic rings. The molecule has 0 radical (unpaired) electrons. The molecular weight excluding hydrogens is 324 g/mol. The molecule has 0 aliphatic carbocycles. The van der Waals surface area contributed by atoms with Crippen LogP contribution in [0.5, 0.6) is 0 Å². The average molecular weight is 350 g/mol. The number of carbonyl (C=O) groups excluding carboxylic acids is 2. The van der Waals surface area contributed by atoms with Crippen LogP contribution in [-0.4, -0.2) is 48.1 Å². The summed E-state index contributed by atoms with van der Waals surface area (Å²) in [6.45, 7) is 0.150. The van der Waals surface area contributed by atoms with Crippen LogP contribution in [0, 0.1) is 0 Å². The van der Waals surface area contributed by atoms with Crippen LogP contribution in [0.3, 0.4) is 0 Å². The smallest absolute Gasteiger partial charge is 0.326 e. The van der Waals surface area contributed by atoms with Crippen LogP contribution < -0.4 is 22.1 Å². The van der Waals surface area contributed by atoms with Gasteiger partial charge in [0.1, 0.15) is 6.04 Å². The number of nitrogens with one attached hydrogen (secondary N) is 2. The van der Waals surface area contributed by atoms with Gasteiger partial charge >= 0.3 is 5.97 Å². The van der Waals surface area contributed by atoms with E-state index in [0.29, 0.717) is 32.2 Å². The third-order valence-electron chi connectivity index (χ3n) is 3.64. The third-order valence-corrected chi connectivity index (χ3v) is 3.64. The van der Waals surface area contributed by atoms with Crippen molar-refractivity contribution in [1.82, 2.24) is 10.6 Å². The molecule has 8 heteroatoms. The lowest BCUT2D eigenvalue weighted by Gasteiger charge is -2.16. The average Bonchev–Trinajstić information content (AvgIpc) is 2.59. The van der Waals surface area contributed by atoms with Crippen LogP contribution >= 0.6 is 0 Å². The Morgan fingerprint density at radius 2 is 1.80 bits per heavy atom. The summed E-state index contributed by atoms with van der Waals surface area (Å²) < 4.78 is 0. The molecule has 8 nitrogen and oxygen atoms in total. The van der Waals surface area contributed by atoms with E-state index in [1.54, 1.807) is 0 Å². The van der Waals surface area contributed by atoms with E-state index in [-0.39, 0.29) is 6.54 Å². The molecule has 2 atom stereocenters. The number of carbonyl (C=O) groups is 3. The van der Waals surface area contributed by atoms with Gasteiger partial charge in [-0.15, -0.1) is 0 Å². The predicted molar refractivity (Wildman–Crippen MR) is 93.6 cm³/mol. The molecule has 0 heterocycles. The highest BCUT2D eigenvalue weighted by Gasteiger charge is 2.20. The van der Waals surface area contributed by atoms with Crippen molar-refractivity contribution < 1.29 is 19.5 Å². The summed E-state index contributed by atoms with van der Waals surface area (Å²) in [6.07, 6.45) is 1.93. The number of unbranched alkanes of at least 4 members (excludes halogenated alkanes) is 1. The maximum absolute atomic E-state index is 11.9. The quantitative estimate of drug-likeness (QED) is 0.336. The Bertz CT molecular complexity index is 565. The zero-order chi connectivity index (χ0) is 18.7.